The highest BCUT2D eigenvalue weighted by atomic mass is 19.1. The average molecular weight is 255 g/mol. The van der Waals surface area contributed by atoms with Gasteiger partial charge in [0.05, 0.1) is 0 Å². The monoisotopic (exact) mass is 255 g/mol. The van der Waals surface area contributed by atoms with E-state index in [0.717, 1.165) is 0 Å². The van der Waals surface area contributed by atoms with Gasteiger partial charge in [0.15, 0.2) is 18.2 Å². The Morgan fingerprint density at radius 2 is 2.00 bits per heavy atom. The molecule has 2 N–H and O–H groups in total. The van der Waals surface area contributed by atoms with Gasteiger partial charge in [-0.2, -0.15) is 0 Å². The predicted molar refractivity (Wildman–Crippen MR) is 61.8 cm³/mol. The smallest absolute Gasteiger partial charge is 0.328 e. The van der Waals surface area contributed by atoms with Gasteiger partial charge in [-0.3, -0.25) is 4.79 Å². The topological polar surface area (TPSA) is 75.6 Å². The molecule has 0 radical (unpaired) electrons. The van der Waals surface area contributed by atoms with Crippen LogP contribution in [0, 0.1) is 5.82 Å². The van der Waals surface area contributed by atoms with E-state index in [1.165, 1.54) is 32.0 Å². The Hall–Kier alpha value is -2.11. The fourth-order valence-corrected chi connectivity index (χ4v) is 1.14. The Kier molecular flexibility index (Phi) is 4.25. The molecule has 6 heteroatoms. The molecule has 1 rings (SSSR count). The molecule has 0 atom stereocenters. The zero-order valence-electron chi connectivity index (χ0n) is 10.1. The highest BCUT2D eigenvalue weighted by molar-refractivity contribution is 5.86. The van der Waals surface area contributed by atoms with Crippen molar-refractivity contribution in [2.24, 2.45) is 0 Å². The van der Waals surface area contributed by atoms with Crippen molar-refractivity contribution in [3.63, 3.8) is 0 Å². The minimum Gasteiger partial charge on any atom is -0.481 e. The number of rotatable bonds is 5. The van der Waals surface area contributed by atoms with Crippen LogP contribution in [0.25, 0.3) is 0 Å². The second kappa shape index (κ2) is 5.48. The van der Waals surface area contributed by atoms with Crippen molar-refractivity contribution in [1.29, 1.82) is 0 Å². The first-order chi connectivity index (χ1) is 8.33. The summed E-state index contributed by atoms with van der Waals surface area (Å²) in [5.41, 5.74) is -1.39. The summed E-state index contributed by atoms with van der Waals surface area (Å²) in [6.07, 6.45) is 0. The Morgan fingerprint density at radius 1 is 1.39 bits per heavy atom. The van der Waals surface area contributed by atoms with E-state index < -0.39 is 29.8 Å². The molecule has 0 saturated heterocycles. The van der Waals surface area contributed by atoms with Crippen molar-refractivity contribution in [3.05, 3.63) is 30.1 Å². The summed E-state index contributed by atoms with van der Waals surface area (Å²) < 4.78 is 18.1. The van der Waals surface area contributed by atoms with Gasteiger partial charge in [0.2, 0.25) is 0 Å². The number of hydrogen-bond donors (Lipinski definition) is 2. The van der Waals surface area contributed by atoms with Gasteiger partial charge in [-0.1, -0.05) is 12.1 Å². The molecule has 0 saturated carbocycles. The number of hydrogen-bond acceptors (Lipinski definition) is 3. The molecule has 0 aliphatic rings. The van der Waals surface area contributed by atoms with Crippen LogP contribution in [0.4, 0.5) is 4.39 Å². The number of carbonyl (C=O) groups is 2. The van der Waals surface area contributed by atoms with Crippen LogP contribution in [0.15, 0.2) is 24.3 Å². The number of halogens is 1. The zero-order chi connectivity index (χ0) is 13.8. The van der Waals surface area contributed by atoms with E-state index in [2.05, 4.69) is 5.32 Å². The number of carboxylic acid groups (broad SMARTS) is 1. The summed E-state index contributed by atoms with van der Waals surface area (Å²) in [7, 11) is 0. The van der Waals surface area contributed by atoms with E-state index >= 15 is 0 Å². The molecule has 0 aliphatic carbocycles. The summed E-state index contributed by atoms with van der Waals surface area (Å²) >= 11 is 0. The van der Waals surface area contributed by atoms with Crippen molar-refractivity contribution in [3.8, 4) is 5.75 Å². The molecule has 0 fully saturated rings. The van der Waals surface area contributed by atoms with E-state index in [1.54, 1.807) is 6.07 Å². The van der Waals surface area contributed by atoms with Gasteiger partial charge in [0, 0.05) is 0 Å². The fourth-order valence-electron chi connectivity index (χ4n) is 1.14. The van der Waals surface area contributed by atoms with Crippen molar-refractivity contribution in [2.75, 3.05) is 6.61 Å². The Labute approximate surface area is 104 Å². The molecule has 0 unspecified atom stereocenters. The van der Waals surface area contributed by atoms with Crippen molar-refractivity contribution >= 4 is 11.9 Å². The molecule has 1 aromatic carbocycles. The van der Waals surface area contributed by atoms with E-state index in [4.69, 9.17) is 9.84 Å². The Balaban J connectivity index is 2.53. The van der Waals surface area contributed by atoms with Crippen molar-refractivity contribution in [2.45, 2.75) is 19.4 Å². The molecule has 1 aromatic rings. The third kappa shape index (κ3) is 3.73. The van der Waals surface area contributed by atoms with Gasteiger partial charge in [-0.25, -0.2) is 9.18 Å². The summed E-state index contributed by atoms with van der Waals surface area (Å²) in [6.45, 7) is 2.24. The maximum absolute atomic E-state index is 13.2. The Morgan fingerprint density at radius 3 is 2.56 bits per heavy atom. The third-order valence-corrected chi connectivity index (χ3v) is 2.18. The van der Waals surface area contributed by atoms with Crippen LogP contribution >= 0.6 is 0 Å². The second-order valence-electron chi connectivity index (χ2n) is 4.20. The molecular formula is C12H14FNO4. The number of para-hydroxylation sites is 1. The number of ether oxygens (including phenoxy) is 1. The summed E-state index contributed by atoms with van der Waals surface area (Å²) in [6, 6.07) is 5.65. The first-order valence-electron chi connectivity index (χ1n) is 5.24. The minimum atomic E-state index is -1.39. The lowest BCUT2D eigenvalue weighted by atomic mass is 10.1. The molecule has 0 heterocycles. The predicted octanol–water partition coefficient (Wildman–Crippen LogP) is 1.18. The van der Waals surface area contributed by atoms with E-state index in [9.17, 15) is 14.0 Å². The average Bonchev–Trinajstić information content (AvgIpc) is 2.27. The maximum atomic E-state index is 13.2. The van der Waals surface area contributed by atoms with Crippen LogP contribution in [0.3, 0.4) is 0 Å². The number of amides is 1. The highest BCUT2D eigenvalue weighted by Crippen LogP contribution is 2.15. The fraction of sp³-hybridized carbons (Fsp3) is 0.333. The standard InChI is InChI=1S/C12H14FNO4/c1-12(2,11(16)17)14-10(15)7-18-9-6-4-3-5-8(9)13/h3-6H,7H2,1-2H3,(H,14,15)(H,16,17). The first-order valence-corrected chi connectivity index (χ1v) is 5.24. The van der Waals surface area contributed by atoms with Crippen LogP contribution in [-0.4, -0.2) is 29.1 Å². The molecule has 1 amide bonds. The number of nitrogens with one attached hydrogen (secondary N) is 1. The van der Waals surface area contributed by atoms with Crippen molar-refractivity contribution in [1.82, 2.24) is 5.32 Å². The lowest BCUT2D eigenvalue weighted by molar-refractivity contribution is -0.146. The summed E-state index contributed by atoms with van der Waals surface area (Å²) in [4.78, 5) is 22.2. The van der Waals surface area contributed by atoms with Crippen LogP contribution in [0.1, 0.15) is 13.8 Å². The van der Waals surface area contributed by atoms with Gasteiger partial charge in [-0.15, -0.1) is 0 Å². The van der Waals surface area contributed by atoms with Gasteiger partial charge >= 0.3 is 5.97 Å². The van der Waals surface area contributed by atoms with E-state index in [1.807, 2.05) is 0 Å². The van der Waals surface area contributed by atoms with Gasteiger partial charge in [0.25, 0.3) is 5.91 Å². The molecular weight excluding hydrogens is 241 g/mol. The maximum Gasteiger partial charge on any atom is 0.328 e. The van der Waals surface area contributed by atoms with Gasteiger partial charge < -0.3 is 15.2 Å². The Bertz CT molecular complexity index is 459. The lowest BCUT2D eigenvalue weighted by Crippen LogP contribution is -2.51. The minimum absolute atomic E-state index is 0.0548. The molecule has 0 aliphatic heterocycles. The summed E-state index contributed by atoms with van der Waals surface area (Å²) in [5, 5.41) is 11.1. The quantitative estimate of drug-likeness (QED) is 0.828. The van der Waals surface area contributed by atoms with Crippen LogP contribution < -0.4 is 10.1 Å². The molecule has 98 valence electrons. The van der Waals surface area contributed by atoms with Crippen molar-refractivity contribution < 1.29 is 23.8 Å². The number of aliphatic carboxylic acids is 1. The molecule has 5 nitrogen and oxygen atoms in total. The lowest BCUT2D eigenvalue weighted by Gasteiger charge is -2.20. The zero-order valence-corrected chi connectivity index (χ0v) is 10.1. The van der Waals surface area contributed by atoms with Crippen LogP contribution in [0.2, 0.25) is 0 Å². The van der Waals surface area contributed by atoms with E-state index in [-0.39, 0.29) is 5.75 Å². The molecule has 0 spiro atoms. The molecule has 0 aromatic heterocycles. The normalized spacial score (nSPS) is 10.8. The highest BCUT2D eigenvalue weighted by Gasteiger charge is 2.28. The van der Waals surface area contributed by atoms with Crippen LogP contribution in [0.5, 0.6) is 5.75 Å². The van der Waals surface area contributed by atoms with Gasteiger partial charge in [-0.05, 0) is 26.0 Å². The third-order valence-electron chi connectivity index (χ3n) is 2.18. The molecule has 18 heavy (non-hydrogen) atoms. The largest absolute Gasteiger partial charge is 0.481 e. The number of carbonyl (C=O) groups excluding carboxylic acids is 1. The first kappa shape index (κ1) is 14.0. The summed E-state index contributed by atoms with van der Waals surface area (Å²) in [5.74, 6) is -2.43. The van der Waals surface area contributed by atoms with Gasteiger partial charge in [0.1, 0.15) is 5.54 Å². The molecule has 0 bridgehead atoms. The van der Waals surface area contributed by atoms with Crippen LogP contribution in [-0.2, 0) is 9.59 Å². The second-order valence-corrected chi connectivity index (χ2v) is 4.20. The van der Waals surface area contributed by atoms with E-state index in [0.29, 0.717) is 0 Å². The SMILES string of the molecule is CC(C)(NC(=O)COc1ccccc1F)C(=O)O. The number of benzene rings is 1. The number of carboxylic acids is 1.